The highest BCUT2D eigenvalue weighted by atomic mass is 35.5. The topological polar surface area (TPSA) is 94.1 Å². The van der Waals surface area contributed by atoms with Gasteiger partial charge < -0.3 is 24.6 Å². The van der Waals surface area contributed by atoms with Gasteiger partial charge in [0.05, 0.1) is 11.6 Å². The van der Waals surface area contributed by atoms with Crippen LogP contribution in [0.3, 0.4) is 0 Å². The smallest absolute Gasteiger partial charge is 0.197 e. The molecular formula is C21H20Cl2FNO5. The minimum Gasteiger partial charge on any atom is -0.507 e. The van der Waals surface area contributed by atoms with Gasteiger partial charge in [-0.05, 0) is 38.2 Å². The van der Waals surface area contributed by atoms with E-state index in [0.717, 1.165) is 18.2 Å². The molecule has 0 bridgehead atoms. The average molecular weight is 456 g/mol. The van der Waals surface area contributed by atoms with E-state index in [4.69, 9.17) is 16.0 Å². The summed E-state index contributed by atoms with van der Waals surface area (Å²) in [5.74, 6) is -1.51. The number of hydrogen-bond donors (Lipinski definition) is 3. The van der Waals surface area contributed by atoms with Crippen molar-refractivity contribution < 1.29 is 24.1 Å². The largest absolute Gasteiger partial charge is 0.507 e. The number of halogens is 3. The minimum atomic E-state index is -0.552. The lowest BCUT2D eigenvalue weighted by Crippen LogP contribution is -2.32. The Hall–Kier alpha value is -2.32. The number of benzene rings is 2. The number of phenols is 2. The Morgan fingerprint density at radius 1 is 1.23 bits per heavy atom. The molecule has 0 saturated carbocycles. The number of fused-ring (bicyclic) bond motifs is 1. The van der Waals surface area contributed by atoms with Crippen molar-refractivity contribution >= 4 is 35.0 Å². The quantitative estimate of drug-likeness (QED) is 0.554. The van der Waals surface area contributed by atoms with Crippen LogP contribution in [0.25, 0.3) is 22.3 Å². The second-order valence-corrected chi connectivity index (χ2v) is 7.66. The first-order chi connectivity index (χ1) is 13.8. The number of aromatic hydroxyl groups is 2. The fraction of sp³-hybridized carbons (Fsp3) is 0.286. The van der Waals surface area contributed by atoms with Crippen LogP contribution in [0, 0.1) is 5.82 Å². The number of phenolic OH excluding ortho intramolecular Hbond substituents is 2. The molecule has 1 aliphatic rings. The van der Waals surface area contributed by atoms with E-state index < -0.39 is 17.0 Å². The van der Waals surface area contributed by atoms with Crippen molar-refractivity contribution in [2.24, 2.45) is 0 Å². The van der Waals surface area contributed by atoms with Gasteiger partial charge in [-0.2, -0.15) is 0 Å². The van der Waals surface area contributed by atoms with Crippen molar-refractivity contribution in [1.29, 1.82) is 0 Å². The molecule has 1 aliphatic heterocycles. The molecule has 2 atom stereocenters. The summed E-state index contributed by atoms with van der Waals surface area (Å²) in [6.07, 6.45) is 0.615. The molecule has 2 heterocycles. The molecular weight excluding hydrogens is 436 g/mol. The highest BCUT2D eigenvalue weighted by Gasteiger charge is 2.36. The van der Waals surface area contributed by atoms with E-state index in [0.29, 0.717) is 18.5 Å². The first-order valence-corrected chi connectivity index (χ1v) is 9.48. The lowest BCUT2D eigenvalue weighted by Gasteiger charge is -2.24. The van der Waals surface area contributed by atoms with Gasteiger partial charge in [0.25, 0.3) is 0 Å². The Bertz CT molecular complexity index is 1170. The van der Waals surface area contributed by atoms with Gasteiger partial charge in [-0.25, -0.2) is 4.39 Å². The standard InChI is InChI=1S/C21H19ClFNO5.ClH/c1-24-5-4-11(14(24)9-25)19-15(26)7-16(27)20-17(28)8-18(29-21(19)20)12-6-10(23)2-3-13(12)22;/h2-3,6-8,11,14,25-27H,4-5,9H2,1H3;1H/t11-,14+;/m1./s1. The van der Waals surface area contributed by atoms with Gasteiger partial charge in [-0.1, -0.05) is 11.6 Å². The van der Waals surface area contributed by atoms with E-state index >= 15 is 0 Å². The maximum Gasteiger partial charge on any atom is 0.197 e. The molecule has 3 aromatic rings. The van der Waals surface area contributed by atoms with E-state index in [1.165, 1.54) is 12.1 Å². The maximum atomic E-state index is 13.7. The Morgan fingerprint density at radius 2 is 1.97 bits per heavy atom. The van der Waals surface area contributed by atoms with E-state index in [1.807, 2.05) is 11.9 Å². The summed E-state index contributed by atoms with van der Waals surface area (Å²) >= 11 is 6.16. The third kappa shape index (κ3) is 3.63. The van der Waals surface area contributed by atoms with Crippen LogP contribution in [0.5, 0.6) is 11.5 Å². The molecule has 0 amide bonds. The molecule has 0 spiro atoms. The zero-order chi connectivity index (χ0) is 20.9. The fourth-order valence-electron chi connectivity index (χ4n) is 4.11. The van der Waals surface area contributed by atoms with Crippen LogP contribution < -0.4 is 5.43 Å². The molecule has 9 heteroatoms. The number of rotatable bonds is 3. The lowest BCUT2D eigenvalue weighted by atomic mass is 9.89. The van der Waals surface area contributed by atoms with Crippen LogP contribution in [0.1, 0.15) is 17.9 Å². The SMILES string of the molecule is CN1CC[C@@H](c2c(O)cc(O)c3c(=O)cc(-c4cc(F)ccc4Cl)oc23)[C@@H]1CO.Cl. The summed E-state index contributed by atoms with van der Waals surface area (Å²) in [4.78, 5) is 14.7. The van der Waals surface area contributed by atoms with Crippen LogP contribution in [0.2, 0.25) is 5.02 Å². The molecule has 1 aromatic heterocycles. The monoisotopic (exact) mass is 455 g/mol. The van der Waals surface area contributed by atoms with E-state index in [-0.39, 0.29) is 64.0 Å². The highest BCUT2D eigenvalue weighted by Crippen LogP contribution is 2.44. The van der Waals surface area contributed by atoms with Gasteiger partial charge in [-0.3, -0.25) is 4.79 Å². The Morgan fingerprint density at radius 3 is 2.67 bits per heavy atom. The molecule has 0 radical (unpaired) electrons. The van der Waals surface area contributed by atoms with Crippen molar-refractivity contribution in [3.05, 3.63) is 57.0 Å². The van der Waals surface area contributed by atoms with Crippen molar-refractivity contribution in [3.8, 4) is 22.8 Å². The summed E-state index contributed by atoms with van der Waals surface area (Å²) in [7, 11) is 1.86. The number of aliphatic hydroxyl groups is 1. The average Bonchev–Trinajstić information content (AvgIpc) is 3.03. The zero-order valence-electron chi connectivity index (χ0n) is 15.9. The van der Waals surface area contributed by atoms with Gasteiger partial charge >= 0.3 is 0 Å². The third-order valence-corrected chi connectivity index (χ3v) is 5.90. The molecule has 4 rings (SSSR count). The first-order valence-electron chi connectivity index (χ1n) is 9.11. The summed E-state index contributed by atoms with van der Waals surface area (Å²) in [5, 5.41) is 30.8. The molecule has 1 fully saturated rings. The molecule has 0 unspecified atom stereocenters. The van der Waals surface area contributed by atoms with Crippen molar-refractivity contribution in [1.82, 2.24) is 4.90 Å². The molecule has 160 valence electrons. The molecule has 2 aromatic carbocycles. The van der Waals surface area contributed by atoms with Crippen LogP contribution in [-0.2, 0) is 0 Å². The van der Waals surface area contributed by atoms with E-state index in [2.05, 4.69) is 0 Å². The van der Waals surface area contributed by atoms with Gasteiger partial charge in [0.2, 0.25) is 0 Å². The molecule has 1 saturated heterocycles. The maximum absolute atomic E-state index is 13.7. The fourth-order valence-corrected chi connectivity index (χ4v) is 4.32. The Labute approximate surface area is 182 Å². The van der Waals surface area contributed by atoms with Crippen LogP contribution in [0.15, 0.2) is 39.5 Å². The first kappa shape index (κ1) is 22.4. The predicted octanol–water partition coefficient (Wildman–Crippen LogP) is 3.87. The van der Waals surface area contributed by atoms with Gasteiger partial charge in [0, 0.05) is 35.2 Å². The second kappa shape index (κ2) is 8.43. The number of nitrogens with zero attached hydrogens (tertiary/aromatic N) is 1. The lowest BCUT2D eigenvalue weighted by molar-refractivity contribution is 0.172. The van der Waals surface area contributed by atoms with Gasteiger partial charge in [0.15, 0.2) is 5.43 Å². The minimum absolute atomic E-state index is 0. The number of aliphatic hydroxyl groups excluding tert-OH is 1. The van der Waals surface area contributed by atoms with Crippen molar-refractivity contribution in [3.63, 3.8) is 0 Å². The Balaban J connectivity index is 0.00000256. The number of likely N-dealkylation sites (N-methyl/N-ethyl adjacent to an activating group) is 1. The zero-order valence-corrected chi connectivity index (χ0v) is 17.5. The van der Waals surface area contributed by atoms with Crippen molar-refractivity contribution in [2.75, 3.05) is 20.2 Å². The summed E-state index contributed by atoms with van der Waals surface area (Å²) < 4.78 is 19.7. The van der Waals surface area contributed by atoms with Crippen LogP contribution in [-0.4, -0.2) is 46.5 Å². The molecule has 30 heavy (non-hydrogen) atoms. The summed E-state index contributed by atoms with van der Waals surface area (Å²) in [6, 6.07) is 5.64. The second-order valence-electron chi connectivity index (χ2n) is 7.26. The summed E-state index contributed by atoms with van der Waals surface area (Å²) in [5.41, 5.74) is -0.0364. The van der Waals surface area contributed by atoms with Crippen LogP contribution in [0.4, 0.5) is 4.39 Å². The normalized spacial score (nSPS) is 19.2. The van der Waals surface area contributed by atoms with E-state index in [1.54, 1.807) is 0 Å². The molecule has 3 N–H and O–H groups in total. The Kier molecular flexibility index (Phi) is 6.29. The predicted molar refractivity (Wildman–Crippen MR) is 114 cm³/mol. The summed E-state index contributed by atoms with van der Waals surface area (Å²) in [6.45, 7) is 0.528. The third-order valence-electron chi connectivity index (χ3n) is 5.57. The molecule has 0 aliphatic carbocycles. The number of hydrogen-bond acceptors (Lipinski definition) is 6. The highest BCUT2D eigenvalue weighted by molar-refractivity contribution is 6.33. The van der Waals surface area contributed by atoms with Gasteiger partial charge in [-0.15, -0.1) is 12.4 Å². The molecule has 6 nitrogen and oxygen atoms in total. The van der Waals surface area contributed by atoms with Crippen LogP contribution >= 0.6 is 24.0 Å². The van der Waals surface area contributed by atoms with Crippen molar-refractivity contribution in [2.45, 2.75) is 18.4 Å². The van der Waals surface area contributed by atoms with Gasteiger partial charge in [0.1, 0.15) is 34.0 Å². The number of likely N-dealkylation sites (tertiary alicyclic amines) is 1. The van der Waals surface area contributed by atoms with E-state index in [9.17, 15) is 24.5 Å².